The number of pyridine rings is 1. The zero-order chi connectivity index (χ0) is 22.7. The van der Waals surface area contributed by atoms with E-state index in [0.717, 1.165) is 53.7 Å². The number of aromatic amines is 1. The number of nitrogens with zero attached hydrogens (tertiary/aromatic N) is 4. The summed E-state index contributed by atoms with van der Waals surface area (Å²) in [5.41, 5.74) is 3.65. The predicted octanol–water partition coefficient (Wildman–Crippen LogP) is 3.74. The zero-order valence-corrected chi connectivity index (χ0v) is 19.0. The number of H-pyrrole nitrogens is 1. The summed E-state index contributed by atoms with van der Waals surface area (Å²) in [6.07, 6.45) is 6.62. The van der Waals surface area contributed by atoms with Crippen molar-refractivity contribution in [3.05, 3.63) is 29.8 Å². The van der Waals surface area contributed by atoms with Gasteiger partial charge in [-0.05, 0) is 32.6 Å². The van der Waals surface area contributed by atoms with Crippen molar-refractivity contribution in [3.63, 3.8) is 0 Å². The van der Waals surface area contributed by atoms with Crippen LogP contribution in [0.3, 0.4) is 0 Å². The molecule has 1 saturated carbocycles. The number of amides is 1. The lowest BCUT2D eigenvalue weighted by Gasteiger charge is -2.16. The number of rotatable bonds is 8. The van der Waals surface area contributed by atoms with Crippen LogP contribution in [0.1, 0.15) is 56.8 Å². The van der Waals surface area contributed by atoms with Crippen molar-refractivity contribution in [2.45, 2.75) is 64.2 Å². The highest BCUT2D eigenvalue weighted by molar-refractivity contribution is 5.93. The third kappa shape index (κ3) is 4.69. The number of hydrogen-bond donors (Lipinski definition) is 3. The summed E-state index contributed by atoms with van der Waals surface area (Å²) in [5.74, 6) is 0.987. The molecule has 3 heterocycles. The van der Waals surface area contributed by atoms with Crippen molar-refractivity contribution in [1.82, 2.24) is 30.3 Å². The highest BCUT2D eigenvalue weighted by Crippen LogP contribution is 2.36. The average molecular weight is 442 g/mol. The van der Waals surface area contributed by atoms with Crippen LogP contribution in [0.4, 0.5) is 16.3 Å². The van der Waals surface area contributed by atoms with Crippen LogP contribution in [0, 0.1) is 0 Å². The number of aryl methyl sites for hydroxylation is 1. The van der Waals surface area contributed by atoms with Crippen LogP contribution in [-0.4, -0.2) is 50.3 Å². The molecule has 1 fully saturated rings. The predicted molar refractivity (Wildman–Crippen MR) is 121 cm³/mol. The standard InChI is InChI=1S/C22H31N7O3/c1-5-13(2)24-22(30)32-15-7-6-14(8-15)17-9-20(27-26-17)25-18-11-23-10-16-19(12-31-4)28-29(3)21(16)18/h9-11,13-15H,5-8,12H2,1-4H3,(H,24,30)(H2,25,26,27). The van der Waals surface area contributed by atoms with E-state index in [4.69, 9.17) is 9.47 Å². The van der Waals surface area contributed by atoms with Crippen molar-refractivity contribution >= 4 is 28.5 Å². The fraction of sp³-hybridized carbons (Fsp3) is 0.545. The highest BCUT2D eigenvalue weighted by Gasteiger charge is 2.30. The van der Waals surface area contributed by atoms with E-state index in [-0.39, 0.29) is 24.2 Å². The molecule has 1 aliphatic carbocycles. The summed E-state index contributed by atoms with van der Waals surface area (Å²) in [7, 11) is 3.55. The molecule has 4 rings (SSSR count). The third-order valence-electron chi connectivity index (χ3n) is 6.04. The lowest BCUT2D eigenvalue weighted by atomic mass is 10.0. The first-order chi connectivity index (χ1) is 15.5. The van der Waals surface area contributed by atoms with Crippen LogP contribution in [0.25, 0.3) is 10.9 Å². The Balaban J connectivity index is 1.41. The smallest absolute Gasteiger partial charge is 0.407 e. The summed E-state index contributed by atoms with van der Waals surface area (Å²) < 4.78 is 12.7. The molecule has 172 valence electrons. The summed E-state index contributed by atoms with van der Waals surface area (Å²) in [5, 5.41) is 19.3. The maximum absolute atomic E-state index is 12.0. The van der Waals surface area contributed by atoms with Gasteiger partial charge in [0.05, 0.1) is 29.7 Å². The molecular weight excluding hydrogens is 410 g/mol. The van der Waals surface area contributed by atoms with Gasteiger partial charge in [-0.1, -0.05) is 6.92 Å². The van der Waals surface area contributed by atoms with Gasteiger partial charge < -0.3 is 20.1 Å². The Morgan fingerprint density at radius 1 is 1.38 bits per heavy atom. The van der Waals surface area contributed by atoms with Crippen molar-refractivity contribution in [2.75, 3.05) is 12.4 Å². The van der Waals surface area contributed by atoms with Crippen LogP contribution in [0.5, 0.6) is 0 Å². The topological polar surface area (TPSA) is 119 Å². The van der Waals surface area contributed by atoms with Gasteiger partial charge in [-0.15, -0.1) is 0 Å². The molecule has 10 nitrogen and oxygen atoms in total. The number of nitrogens with one attached hydrogen (secondary N) is 3. The minimum absolute atomic E-state index is 0.0737. The zero-order valence-electron chi connectivity index (χ0n) is 19.0. The number of anilines is 2. The van der Waals surface area contributed by atoms with Gasteiger partial charge in [-0.3, -0.25) is 14.8 Å². The fourth-order valence-corrected chi connectivity index (χ4v) is 4.20. The number of aromatic nitrogens is 5. The first-order valence-electron chi connectivity index (χ1n) is 11.1. The Labute approximate surface area is 187 Å². The molecule has 0 saturated heterocycles. The second-order valence-corrected chi connectivity index (χ2v) is 8.41. The largest absolute Gasteiger partial charge is 0.446 e. The van der Waals surface area contributed by atoms with E-state index in [1.54, 1.807) is 19.5 Å². The molecule has 32 heavy (non-hydrogen) atoms. The van der Waals surface area contributed by atoms with Gasteiger partial charge >= 0.3 is 6.09 Å². The SMILES string of the molecule is CCC(C)NC(=O)OC1CCC(c2cc(Nc3cncc4c(COC)nn(C)c34)n[nH]2)C1. The average Bonchev–Trinajstić information content (AvgIpc) is 3.48. The van der Waals surface area contributed by atoms with E-state index >= 15 is 0 Å². The Hall–Kier alpha value is -3.14. The molecule has 3 aromatic rings. The highest BCUT2D eigenvalue weighted by atomic mass is 16.6. The molecule has 0 spiro atoms. The minimum Gasteiger partial charge on any atom is -0.446 e. The van der Waals surface area contributed by atoms with Crippen LogP contribution < -0.4 is 10.6 Å². The van der Waals surface area contributed by atoms with Crippen LogP contribution in [0.15, 0.2) is 18.5 Å². The van der Waals surface area contributed by atoms with Crippen molar-refractivity contribution in [2.24, 2.45) is 7.05 Å². The molecule has 3 N–H and O–H groups in total. The summed E-state index contributed by atoms with van der Waals surface area (Å²) in [4.78, 5) is 16.4. The first-order valence-corrected chi connectivity index (χ1v) is 11.1. The molecule has 0 aromatic carbocycles. The Morgan fingerprint density at radius 3 is 3.00 bits per heavy atom. The number of hydrogen-bond acceptors (Lipinski definition) is 7. The molecule has 0 aliphatic heterocycles. The molecule has 0 bridgehead atoms. The Morgan fingerprint density at radius 2 is 2.22 bits per heavy atom. The molecule has 1 aliphatic rings. The lowest BCUT2D eigenvalue weighted by molar-refractivity contribution is 0.0974. The molecular formula is C22H31N7O3. The number of fused-ring (bicyclic) bond motifs is 1. The fourth-order valence-electron chi connectivity index (χ4n) is 4.20. The molecule has 1 amide bonds. The molecule has 3 unspecified atom stereocenters. The summed E-state index contributed by atoms with van der Waals surface area (Å²) in [6, 6.07) is 2.13. The number of carbonyl (C=O) groups excluding carboxylic acids is 1. The summed E-state index contributed by atoms with van der Waals surface area (Å²) >= 11 is 0. The van der Waals surface area contributed by atoms with E-state index in [2.05, 4.69) is 30.9 Å². The summed E-state index contributed by atoms with van der Waals surface area (Å²) in [6.45, 7) is 4.43. The number of methoxy groups -OCH3 is 1. The van der Waals surface area contributed by atoms with Crippen LogP contribution in [0.2, 0.25) is 0 Å². The van der Waals surface area contributed by atoms with Gasteiger partial charge in [0.1, 0.15) is 6.10 Å². The van der Waals surface area contributed by atoms with E-state index in [9.17, 15) is 4.79 Å². The van der Waals surface area contributed by atoms with Gasteiger partial charge in [0.15, 0.2) is 5.82 Å². The Bertz CT molecular complexity index is 1080. The Kier molecular flexibility index (Phi) is 6.59. The number of ether oxygens (including phenoxy) is 2. The third-order valence-corrected chi connectivity index (χ3v) is 6.04. The van der Waals surface area contributed by atoms with Gasteiger partial charge in [-0.2, -0.15) is 10.2 Å². The molecule has 3 atom stereocenters. The van der Waals surface area contributed by atoms with Crippen molar-refractivity contribution in [1.29, 1.82) is 0 Å². The molecule has 10 heteroatoms. The minimum atomic E-state index is -0.332. The molecule has 3 aromatic heterocycles. The second-order valence-electron chi connectivity index (χ2n) is 8.41. The van der Waals surface area contributed by atoms with E-state index < -0.39 is 0 Å². The molecule has 0 radical (unpaired) electrons. The van der Waals surface area contributed by atoms with Gasteiger partial charge in [0.2, 0.25) is 0 Å². The maximum Gasteiger partial charge on any atom is 0.407 e. The van der Waals surface area contributed by atoms with E-state index in [0.29, 0.717) is 12.4 Å². The first kappa shape index (κ1) is 22.1. The van der Waals surface area contributed by atoms with Gasteiger partial charge in [0.25, 0.3) is 0 Å². The van der Waals surface area contributed by atoms with Crippen molar-refractivity contribution in [3.8, 4) is 0 Å². The lowest BCUT2D eigenvalue weighted by Crippen LogP contribution is -2.34. The van der Waals surface area contributed by atoms with Crippen LogP contribution >= 0.6 is 0 Å². The normalized spacial score (nSPS) is 19.2. The maximum atomic E-state index is 12.0. The number of carbonyl (C=O) groups is 1. The quantitative estimate of drug-likeness (QED) is 0.487. The van der Waals surface area contributed by atoms with Gasteiger partial charge in [0, 0.05) is 49.5 Å². The van der Waals surface area contributed by atoms with Gasteiger partial charge in [-0.25, -0.2) is 4.79 Å². The number of alkyl carbamates (subject to hydrolysis) is 1. The van der Waals surface area contributed by atoms with E-state index in [1.165, 1.54) is 0 Å². The second kappa shape index (κ2) is 9.56. The van der Waals surface area contributed by atoms with Crippen molar-refractivity contribution < 1.29 is 14.3 Å². The van der Waals surface area contributed by atoms with Crippen LogP contribution in [-0.2, 0) is 23.1 Å². The monoisotopic (exact) mass is 441 g/mol. The van der Waals surface area contributed by atoms with E-state index in [1.807, 2.05) is 31.6 Å².